The maximum atomic E-state index is 3.58. The highest BCUT2D eigenvalue weighted by atomic mass is 15.1. The van der Waals surface area contributed by atoms with E-state index in [-0.39, 0.29) is 0 Å². The van der Waals surface area contributed by atoms with Crippen LogP contribution in [0.3, 0.4) is 0 Å². The summed E-state index contributed by atoms with van der Waals surface area (Å²) in [5.41, 5.74) is 0. The van der Waals surface area contributed by atoms with Gasteiger partial charge in [0.05, 0.1) is 0 Å². The van der Waals surface area contributed by atoms with Gasteiger partial charge < -0.3 is 15.1 Å². The summed E-state index contributed by atoms with van der Waals surface area (Å²) in [6.07, 6.45) is 8.35. The molecule has 1 aliphatic heterocycles. The molecule has 1 aliphatic rings. The quantitative estimate of drug-likeness (QED) is 0.649. The standard InChI is InChI=1S/C16H35N3/c1-4-7-16-8-5-13-19(14-9-16)15-11-17-10-6-12-18(2)3/h16-17H,4-15H2,1-3H3. The first-order valence-electron chi connectivity index (χ1n) is 8.30. The van der Waals surface area contributed by atoms with E-state index in [1.165, 1.54) is 64.7 Å². The third kappa shape index (κ3) is 8.61. The molecule has 1 fully saturated rings. The van der Waals surface area contributed by atoms with E-state index in [2.05, 4.69) is 36.1 Å². The van der Waals surface area contributed by atoms with Crippen molar-refractivity contribution in [3.05, 3.63) is 0 Å². The van der Waals surface area contributed by atoms with Gasteiger partial charge in [0.15, 0.2) is 0 Å². The van der Waals surface area contributed by atoms with E-state index in [0.29, 0.717) is 0 Å². The Morgan fingerprint density at radius 3 is 2.74 bits per heavy atom. The van der Waals surface area contributed by atoms with Crippen molar-refractivity contribution in [2.24, 2.45) is 5.92 Å². The Balaban J connectivity index is 2.00. The molecule has 0 aromatic heterocycles. The normalized spacial score (nSPS) is 21.8. The van der Waals surface area contributed by atoms with Gasteiger partial charge in [-0.05, 0) is 71.9 Å². The highest BCUT2D eigenvalue weighted by Crippen LogP contribution is 2.21. The van der Waals surface area contributed by atoms with Crippen molar-refractivity contribution < 1.29 is 0 Å². The molecular weight excluding hydrogens is 234 g/mol. The minimum atomic E-state index is 1.00. The van der Waals surface area contributed by atoms with Crippen LogP contribution in [0.1, 0.15) is 45.4 Å². The van der Waals surface area contributed by atoms with Gasteiger partial charge in [0.1, 0.15) is 0 Å². The fourth-order valence-corrected chi connectivity index (χ4v) is 3.03. The van der Waals surface area contributed by atoms with E-state index in [4.69, 9.17) is 0 Å². The summed E-state index contributed by atoms with van der Waals surface area (Å²) in [5, 5.41) is 3.58. The van der Waals surface area contributed by atoms with E-state index in [0.717, 1.165) is 19.0 Å². The van der Waals surface area contributed by atoms with Crippen LogP contribution < -0.4 is 5.32 Å². The molecule has 0 aliphatic carbocycles. The Morgan fingerprint density at radius 2 is 2.00 bits per heavy atom. The molecule has 1 rings (SSSR count). The zero-order chi connectivity index (χ0) is 13.9. The third-order valence-corrected chi connectivity index (χ3v) is 4.20. The van der Waals surface area contributed by atoms with Gasteiger partial charge in [-0.3, -0.25) is 0 Å². The highest BCUT2D eigenvalue weighted by molar-refractivity contribution is 4.70. The Bertz CT molecular complexity index is 206. The highest BCUT2D eigenvalue weighted by Gasteiger charge is 2.15. The van der Waals surface area contributed by atoms with Gasteiger partial charge in [0.25, 0.3) is 0 Å². The predicted octanol–water partition coefficient (Wildman–Crippen LogP) is 2.43. The number of hydrogen-bond acceptors (Lipinski definition) is 3. The molecule has 1 N–H and O–H groups in total. The number of likely N-dealkylation sites (tertiary alicyclic amines) is 1. The average Bonchev–Trinajstić information content (AvgIpc) is 2.59. The minimum absolute atomic E-state index is 1.00. The Morgan fingerprint density at radius 1 is 1.16 bits per heavy atom. The Labute approximate surface area is 120 Å². The lowest BCUT2D eigenvalue weighted by atomic mass is 9.96. The van der Waals surface area contributed by atoms with Gasteiger partial charge in [0, 0.05) is 13.1 Å². The van der Waals surface area contributed by atoms with Crippen molar-refractivity contribution in [1.82, 2.24) is 15.1 Å². The summed E-state index contributed by atoms with van der Waals surface area (Å²) in [5.74, 6) is 1.00. The van der Waals surface area contributed by atoms with Crippen molar-refractivity contribution in [3.8, 4) is 0 Å². The molecule has 19 heavy (non-hydrogen) atoms. The van der Waals surface area contributed by atoms with Gasteiger partial charge in [-0.2, -0.15) is 0 Å². The second-order valence-corrected chi connectivity index (χ2v) is 6.33. The molecular formula is C16H35N3. The van der Waals surface area contributed by atoms with Crippen LogP contribution in [0.2, 0.25) is 0 Å². The lowest BCUT2D eigenvalue weighted by Crippen LogP contribution is -2.33. The average molecular weight is 269 g/mol. The zero-order valence-corrected chi connectivity index (χ0v) is 13.5. The second-order valence-electron chi connectivity index (χ2n) is 6.33. The monoisotopic (exact) mass is 269 g/mol. The van der Waals surface area contributed by atoms with E-state index >= 15 is 0 Å². The molecule has 1 saturated heterocycles. The molecule has 1 heterocycles. The first kappa shape index (κ1) is 16.9. The van der Waals surface area contributed by atoms with E-state index in [1.807, 2.05) is 0 Å². The Kier molecular flexibility index (Phi) is 9.48. The van der Waals surface area contributed by atoms with Crippen molar-refractivity contribution >= 4 is 0 Å². The molecule has 0 radical (unpaired) electrons. The molecule has 0 aromatic rings. The first-order valence-corrected chi connectivity index (χ1v) is 8.30. The van der Waals surface area contributed by atoms with E-state index in [9.17, 15) is 0 Å². The minimum Gasteiger partial charge on any atom is -0.315 e. The Hall–Kier alpha value is -0.120. The molecule has 0 spiro atoms. The lowest BCUT2D eigenvalue weighted by Gasteiger charge is -2.20. The fraction of sp³-hybridized carbons (Fsp3) is 1.00. The maximum absolute atomic E-state index is 3.58. The second kappa shape index (κ2) is 10.6. The van der Waals surface area contributed by atoms with Crippen LogP contribution in [0.4, 0.5) is 0 Å². The van der Waals surface area contributed by atoms with E-state index in [1.54, 1.807) is 0 Å². The van der Waals surface area contributed by atoms with Crippen LogP contribution in [0, 0.1) is 5.92 Å². The zero-order valence-electron chi connectivity index (χ0n) is 13.5. The van der Waals surface area contributed by atoms with Gasteiger partial charge in [-0.25, -0.2) is 0 Å². The summed E-state index contributed by atoms with van der Waals surface area (Å²) in [7, 11) is 4.29. The number of rotatable bonds is 9. The molecule has 1 atom stereocenters. The SMILES string of the molecule is CCCC1CCCN(CCNCCCN(C)C)CC1. The largest absolute Gasteiger partial charge is 0.315 e. The van der Waals surface area contributed by atoms with Gasteiger partial charge in [-0.15, -0.1) is 0 Å². The van der Waals surface area contributed by atoms with Gasteiger partial charge in [-0.1, -0.05) is 19.8 Å². The molecule has 1 unspecified atom stereocenters. The third-order valence-electron chi connectivity index (χ3n) is 4.20. The van der Waals surface area contributed by atoms with Crippen LogP contribution in [0.15, 0.2) is 0 Å². The molecule has 0 aromatic carbocycles. The van der Waals surface area contributed by atoms with Crippen LogP contribution in [0.25, 0.3) is 0 Å². The molecule has 0 amide bonds. The topological polar surface area (TPSA) is 18.5 Å². The van der Waals surface area contributed by atoms with Crippen LogP contribution >= 0.6 is 0 Å². The van der Waals surface area contributed by atoms with Crippen molar-refractivity contribution in [3.63, 3.8) is 0 Å². The lowest BCUT2D eigenvalue weighted by molar-refractivity contribution is 0.277. The smallest absolute Gasteiger partial charge is 0.0107 e. The fourth-order valence-electron chi connectivity index (χ4n) is 3.03. The molecule has 0 saturated carbocycles. The predicted molar refractivity (Wildman–Crippen MR) is 84.7 cm³/mol. The van der Waals surface area contributed by atoms with E-state index < -0.39 is 0 Å². The molecule has 0 bridgehead atoms. The number of nitrogens with one attached hydrogen (secondary N) is 1. The summed E-state index contributed by atoms with van der Waals surface area (Å²) >= 11 is 0. The maximum Gasteiger partial charge on any atom is 0.0107 e. The summed E-state index contributed by atoms with van der Waals surface area (Å²) in [6.45, 7) is 9.70. The van der Waals surface area contributed by atoms with Crippen molar-refractivity contribution in [2.45, 2.75) is 45.4 Å². The van der Waals surface area contributed by atoms with Gasteiger partial charge >= 0.3 is 0 Å². The number of hydrogen-bond donors (Lipinski definition) is 1. The molecule has 3 nitrogen and oxygen atoms in total. The van der Waals surface area contributed by atoms with Crippen LogP contribution in [0.5, 0.6) is 0 Å². The summed E-state index contributed by atoms with van der Waals surface area (Å²) in [6, 6.07) is 0. The number of nitrogens with zero attached hydrogens (tertiary/aromatic N) is 2. The van der Waals surface area contributed by atoms with Crippen molar-refractivity contribution in [1.29, 1.82) is 0 Å². The van der Waals surface area contributed by atoms with Crippen LogP contribution in [-0.2, 0) is 0 Å². The summed E-state index contributed by atoms with van der Waals surface area (Å²) in [4.78, 5) is 4.92. The summed E-state index contributed by atoms with van der Waals surface area (Å²) < 4.78 is 0. The first-order chi connectivity index (χ1) is 9.22. The van der Waals surface area contributed by atoms with Crippen LogP contribution in [-0.4, -0.2) is 63.2 Å². The molecule has 3 heteroatoms. The van der Waals surface area contributed by atoms with Crippen molar-refractivity contribution in [2.75, 3.05) is 53.4 Å². The van der Waals surface area contributed by atoms with Gasteiger partial charge in [0.2, 0.25) is 0 Å². The molecule has 114 valence electrons.